The van der Waals surface area contributed by atoms with E-state index in [1.807, 2.05) is 30.3 Å². The fourth-order valence-electron chi connectivity index (χ4n) is 5.57. The number of carbonyl (C=O) groups excluding carboxylic acids is 4. The Morgan fingerprint density at radius 3 is 2.27 bits per heavy atom. The van der Waals surface area contributed by atoms with E-state index in [-0.39, 0.29) is 36.5 Å². The molecule has 4 N–H and O–H groups in total. The first-order valence-corrected chi connectivity index (χ1v) is 15.0. The van der Waals surface area contributed by atoms with Crippen molar-refractivity contribution < 1.29 is 38.9 Å². The van der Waals surface area contributed by atoms with Gasteiger partial charge in [0.15, 0.2) is 0 Å². The lowest BCUT2D eigenvalue weighted by molar-refractivity contribution is -0.138. The number of piperidine rings is 2. The number of nitrogens with zero attached hydrogens (tertiary/aromatic N) is 2. The first kappa shape index (κ1) is 32.3. The molecule has 236 valence electrons. The van der Waals surface area contributed by atoms with Gasteiger partial charge in [-0.2, -0.15) is 0 Å². The molecule has 2 saturated heterocycles. The Balaban J connectivity index is 1.19. The van der Waals surface area contributed by atoms with Crippen LogP contribution in [0.25, 0.3) is 0 Å². The van der Waals surface area contributed by atoms with Crippen LogP contribution in [0.4, 0.5) is 4.79 Å². The van der Waals surface area contributed by atoms with Crippen molar-refractivity contribution >= 4 is 29.8 Å². The molecule has 2 aromatic rings. The predicted octanol–water partition coefficient (Wildman–Crippen LogP) is 3.11. The number of rotatable bonds is 11. The number of phenolic OH excluding ortho intramolecular Hbond substituents is 1. The first-order chi connectivity index (χ1) is 21.2. The van der Waals surface area contributed by atoms with Gasteiger partial charge < -0.3 is 35.4 Å². The largest absolute Gasteiger partial charge is 0.508 e. The molecule has 2 aliphatic heterocycles. The fraction of sp³-hybridized carbons (Fsp3) is 0.469. The average molecular weight is 609 g/mol. The number of nitrogens with one attached hydrogen (secondary N) is 2. The quantitative estimate of drug-likeness (QED) is 0.283. The average Bonchev–Trinajstić information content (AvgIpc) is 3.03. The summed E-state index contributed by atoms with van der Waals surface area (Å²) in [7, 11) is 0. The zero-order chi connectivity index (χ0) is 31.5. The number of aliphatic carboxylic acids is 1. The molecule has 0 aliphatic carbocycles. The topological polar surface area (TPSA) is 166 Å². The molecule has 12 nitrogen and oxygen atoms in total. The van der Waals surface area contributed by atoms with Crippen molar-refractivity contribution in [1.82, 2.24) is 20.4 Å². The standard InChI is InChI=1S/C32H40N4O8/c37-26-11-9-24(10-12-26)30(41)33-27(19-29(39)40)34-31(42)25-7-4-16-36(20-25)28(38)13-8-22-14-17-35(18-15-22)32(43)44-21-23-5-2-1-3-6-23/h1-3,5-6,9-12,22,25,27,37H,4,7-8,13-21H2,(H,33,41)(H,34,42)(H,39,40)/t25-,27-/m1/s1. The summed E-state index contributed by atoms with van der Waals surface area (Å²) in [4.78, 5) is 65.9. The zero-order valence-corrected chi connectivity index (χ0v) is 24.7. The van der Waals surface area contributed by atoms with Crippen LogP contribution in [0.1, 0.15) is 60.9 Å². The van der Waals surface area contributed by atoms with Gasteiger partial charge >= 0.3 is 12.1 Å². The van der Waals surface area contributed by atoms with E-state index in [1.54, 1.807) is 9.80 Å². The second kappa shape index (κ2) is 15.7. The number of phenols is 1. The number of aromatic hydroxyl groups is 1. The van der Waals surface area contributed by atoms with Crippen LogP contribution in [0.5, 0.6) is 5.75 Å². The second-order valence-electron chi connectivity index (χ2n) is 11.4. The number of hydrogen-bond donors (Lipinski definition) is 4. The molecule has 0 aromatic heterocycles. The molecular formula is C32H40N4O8. The Hall–Kier alpha value is -4.61. The van der Waals surface area contributed by atoms with Crippen molar-refractivity contribution in [2.24, 2.45) is 11.8 Å². The summed E-state index contributed by atoms with van der Waals surface area (Å²) >= 11 is 0. The molecule has 4 amide bonds. The van der Waals surface area contributed by atoms with E-state index in [4.69, 9.17) is 4.74 Å². The minimum atomic E-state index is -1.20. The van der Waals surface area contributed by atoms with Crippen molar-refractivity contribution in [2.45, 2.75) is 57.7 Å². The normalized spacial score (nSPS) is 17.8. The Labute approximate surface area is 256 Å². The summed E-state index contributed by atoms with van der Waals surface area (Å²) in [5.74, 6) is -2.48. The Kier molecular flexibility index (Phi) is 11.6. The number of carboxylic acids is 1. The zero-order valence-electron chi connectivity index (χ0n) is 24.7. The van der Waals surface area contributed by atoms with E-state index < -0.39 is 36.3 Å². The molecule has 4 rings (SSSR count). The number of carboxylic acid groups (broad SMARTS) is 1. The van der Waals surface area contributed by atoms with E-state index >= 15 is 0 Å². The van der Waals surface area contributed by atoms with Gasteiger partial charge in [-0.15, -0.1) is 0 Å². The van der Waals surface area contributed by atoms with E-state index in [0.717, 1.165) is 18.4 Å². The Morgan fingerprint density at radius 2 is 1.59 bits per heavy atom. The highest BCUT2D eigenvalue weighted by Gasteiger charge is 2.31. The number of benzene rings is 2. The van der Waals surface area contributed by atoms with E-state index in [0.29, 0.717) is 51.2 Å². The highest BCUT2D eigenvalue weighted by atomic mass is 16.6. The van der Waals surface area contributed by atoms with E-state index in [1.165, 1.54) is 24.3 Å². The third kappa shape index (κ3) is 9.72. The second-order valence-corrected chi connectivity index (χ2v) is 11.4. The summed E-state index contributed by atoms with van der Waals surface area (Å²) in [5, 5.41) is 23.9. The molecular weight excluding hydrogens is 568 g/mol. The van der Waals surface area contributed by atoms with Crippen molar-refractivity contribution in [2.75, 3.05) is 26.2 Å². The van der Waals surface area contributed by atoms with Crippen LogP contribution >= 0.6 is 0 Å². The predicted molar refractivity (Wildman–Crippen MR) is 159 cm³/mol. The van der Waals surface area contributed by atoms with Crippen LogP contribution in [0.3, 0.4) is 0 Å². The van der Waals surface area contributed by atoms with Gasteiger partial charge in [-0.25, -0.2) is 4.79 Å². The highest BCUT2D eigenvalue weighted by Crippen LogP contribution is 2.24. The number of ether oxygens (including phenoxy) is 1. The van der Waals surface area contributed by atoms with E-state index in [9.17, 15) is 34.2 Å². The van der Waals surface area contributed by atoms with Crippen LogP contribution < -0.4 is 10.6 Å². The molecule has 0 unspecified atom stereocenters. The molecule has 0 saturated carbocycles. The van der Waals surface area contributed by atoms with Crippen LogP contribution in [0.15, 0.2) is 54.6 Å². The molecule has 0 radical (unpaired) electrons. The SMILES string of the molecule is O=C(O)C[C@H](NC(=O)c1ccc(O)cc1)NC(=O)[C@@H]1CCCN(C(=O)CCC2CCN(C(=O)OCc3ccccc3)CC2)C1. The molecule has 2 fully saturated rings. The van der Waals surface area contributed by atoms with E-state index in [2.05, 4.69) is 10.6 Å². The summed E-state index contributed by atoms with van der Waals surface area (Å²) in [5.41, 5.74) is 1.14. The number of amides is 4. The van der Waals surface area contributed by atoms with Crippen molar-refractivity contribution in [3.05, 3.63) is 65.7 Å². The smallest absolute Gasteiger partial charge is 0.410 e. The van der Waals surface area contributed by atoms with Gasteiger partial charge in [-0.3, -0.25) is 19.2 Å². The van der Waals surface area contributed by atoms with Gasteiger partial charge in [-0.1, -0.05) is 30.3 Å². The van der Waals surface area contributed by atoms with Crippen molar-refractivity contribution in [1.29, 1.82) is 0 Å². The maximum Gasteiger partial charge on any atom is 0.410 e. The summed E-state index contributed by atoms with van der Waals surface area (Å²) < 4.78 is 5.43. The maximum absolute atomic E-state index is 13.1. The summed E-state index contributed by atoms with van der Waals surface area (Å²) in [6, 6.07) is 15.0. The molecule has 2 aromatic carbocycles. The molecule has 2 aliphatic rings. The number of hydrogen-bond acceptors (Lipinski definition) is 7. The molecule has 0 bridgehead atoms. The minimum absolute atomic E-state index is 0.0181. The van der Waals surface area contributed by atoms with Gasteiger partial charge in [0.05, 0.1) is 12.3 Å². The minimum Gasteiger partial charge on any atom is -0.508 e. The fourth-order valence-corrected chi connectivity index (χ4v) is 5.57. The lowest BCUT2D eigenvalue weighted by atomic mass is 9.91. The van der Waals surface area contributed by atoms with Gasteiger partial charge in [0.2, 0.25) is 11.8 Å². The molecule has 2 atom stereocenters. The maximum atomic E-state index is 13.1. The Morgan fingerprint density at radius 1 is 0.886 bits per heavy atom. The van der Waals surface area contributed by atoms with Crippen LogP contribution in [-0.2, 0) is 25.7 Å². The Bertz CT molecular complexity index is 1300. The van der Waals surface area contributed by atoms with Crippen LogP contribution in [-0.4, -0.2) is 82.1 Å². The summed E-state index contributed by atoms with van der Waals surface area (Å²) in [6.45, 7) is 2.17. The van der Waals surface area contributed by atoms with Crippen molar-refractivity contribution in [3.8, 4) is 5.75 Å². The van der Waals surface area contributed by atoms with Crippen LogP contribution in [0.2, 0.25) is 0 Å². The molecule has 2 heterocycles. The first-order valence-electron chi connectivity index (χ1n) is 15.0. The number of carbonyl (C=O) groups is 5. The number of likely N-dealkylation sites (tertiary alicyclic amines) is 2. The molecule has 44 heavy (non-hydrogen) atoms. The third-order valence-corrected chi connectivity index (χ3v) is 8.12. The van der Waals surface area contributed by atoms with Crippen LogP contribution in [0, 0.1) is 11.8 Å². The van der Waals surface area contributed by atoms with Gasteiger partial charge in [-0.05, 0) is 67.9 Å². The molecule has 12 heteroatoms. The van der Waals surface area contributed by atoms with Gasteiger partial charge in [0.25, 0.3) is 5.91 Å². The highest BCUT2D eigenvalue weighted by molar-refractivity contribution is 5.95. The monoisotopic (exact) mass is 608 g/mol. The lowest BCUT2D eigenvalue weighted by Crippen LogP contribution is -2.53. The van der Waals surface area contributed by atoms with Gasteiger partial charge in [0, 0.05) is 38.2 Å². The van der Waals surface area contributed by atoms with Crippen molar-refractivity contribution in [3.63, 3.8) is 0 Å². The lowest BCUT2D eigenvalue weighted by Gasteiger charge is -2.34. The van der Waals surface area contributed by atoms with Gasteiger partial charge in [0.1, 0.15) is 18.5 Å². The molecule has 0 spiro atoms. The summed E-state index contributed by atoms with van der Waals surface area (Å²) in [6.07, 6.45) is 1.82. The third-order valence-electron chi connectivity index (χ3n) is 8.12.